The number of aliphatic hydroxyl groups is 2. The second-order valence-corrected chi connectivity index (χ2v) is 11.9. The Morgan fingerprint density at radius 2 is 1.89 bits per heavy atom. The lowest BCUT2D eigenvalue weighted by molar-refractivity contribution is -0.0282. The zero-order valence-corrected chi connectivity index (χ0v) is 18.8. The standard InChI is InChI=1S/C26H44O2/c1-17(12-14-25(2,3)28)23-10-11-24-22-7-5-6-18-16-19(27)8-9-20(18)21(22)13-15-26(23,24)4/h6,17,19-24,27-28H,5,7-16H2,1-4H3/t17-,19+,20+,21-,22+,23-,24+,26-/m1/s1. The quantitative estimate of drug-likeness (QED) is 0.570. The molecule has 2 nitrogen and oxygen atoms in total. The molecule has 0 saturated heterocycles. The molecule has 8 atom stereocenters. The molecule has 0 heterocycles. The zero-order valence-electron chi connectivity index (χ0n) is 18.8. The SMILES string of the molecule is C[C@H](CCC(C)(C)O)[C@H]1CC[C@H]2[C@H]3CCC=C4C[C@@H](O)CC[C@@H]4[C@H]3CC[C@]12C. The minimum absolute atomic E-state index is 0.0830. The highest BCUT2D eigenvalue weighted by Gasteiger charge is 2.56. The van der Waals surface area contributed by atoms with E-state index >= 15 is 0 Å². The van der Waals surface area contributed by atoms with Crippen molar-refractivity contribution >= 4 is 0 Å². The van der Waals surface area contributed by atoms with Gasteiger partial charge in [-0.25, -0.2) is 0 Å². The topological polar surface area (TPSA) is 40.5 Å². The van der Waals surface area contributed by atoms with Crippen LogP contribution in [0.25, 0.3) is 0 Å². The number of allylic oxidation sites excluding steroid dienone is 1. The van der Waals surface area contributed by atoms with Crippen LogP contribution in [0, 0.1) is 40.9 Å². The second kappa shape index (κ2) is 7.73. The largest absolute Gasteiger partial charge is 0.393 e. The van der Waals surface area contributed by atoms with Gasteiger partial charge in [0.15, 0.2) is 0 Å². The molecule has 0 amide bonds. The molecule has 3 saturated carbocycles. The average molecular weight is 389 g/mol. The second-order valence-electron chi connectivity index (χ2n) is 11.9. The van der Waals surface area contributed by atoms with E-state index in [1.54, 1.807) is 5.57 Å². The zero-order chi connectivity index (χ0) is 20.1. The van der Waals surface area contributed by atoms with Crippen molar-refractivity contribution in [3.05, 3.63) is 11.6 Å². The molecule has 2 heteroatoms. The Balaban J connectivity index is 1.49. The molecule has 4 aliphatic rings. The summed E-state index contributed by atoms with van der Waals surface area (Å²) < 4.78 is 0. The minimum Gasteiger partial charge on any atom is -0.393 e. The normalized spacial score (nSPS) is 44.7. The Morgan fingerprint density at radius 1 is 1.11 bits per heavy atom. The first-order chi connectivity index (χ1) is 13.2. The highest BCUT2D eigenvalue weighted by atomic mass is 16.3. The highest BCUT2D eigenvalue weighted by Crippen LogP contribution is 2.64. The maximum Gasteiger partial charge on any atom is 0.0591 e. The molecule has 0 aromatic heterocycles. The third kappa shape index (κ3) is 3.85. The van der Waals surface area contributed by atoms with Crippen LogP contribution in [0.15, 0.2) is 11.6 Å². The fraction of sp³-hybridized carbons (Fsp3) is 0.923. The van der Waals surface area contributed by atoms with Gasteiger partial charge in [0, 0.05) is 0 Å². The van der Waals surface area contributed by atoms with Crippen LogP contribution in [0.2, 0.25) is 0 Å². The van der Waals surface area contributed by atoms with Crippen molar-refractivity contribution < 1.29 is 10.2 Å². The monoisotopic (exact) mass is 388 g/mol. The smallest absolute Gasteiger partial charge is 0.0591 e. The van der Waals surface area contributed by atoms with Gasteiger partial charge in [-0.05, 0) is 125 Å². The summed E-state index contributed by atoms with van der Waals surface area (Å²) in [6.07, 6.45) is 16.0. The highest BCUT2D eigenvalue weighted by molar-refractivity contribution is 5.17. The lowest BCUT2D eigenvalue weighted by Crippen LogP contribution is -2.45. The molecule has 0 aliphatic heterocycles. The number of hydrogen-bond acceptors (Lipinski definition) is 2. The number of aliphatic hydroxyl groups excluding tert-OH is 1. The summed E-state index contributed by atoms with van der Waals surface area (Å²) in [5.41, 5.74) is 1.60. The molecule has 0 spiro atoms. The molecule has 28 heavy (non-hydrogen) atoms. The minimum atomic E-state index is -0.528. The van der Waals surface area contributed by atoms with E-state index in [4.69, 9.17) is 0 Å². The van der Waals surface area contributed by atoms with Gasteiger partial charge >= 0.3 is 0 Å². The third-order valence-electron chi connectivity index (χ3n) is 9.65. The van der Waals surface area contributed by atoms with E-state index in [1.165, 1.54) is 44.9 Å². The van der Waals surface area contributed by atoms with Crippen LogP contribution in [0.4, 0.5) is 0 Å². The van der Waals surface area contributed by atoms with E-state index in [2.05, 4.69) is 19.9 Å². The van der Waals surface area contributed by atoms with Gasteiger partial charge in [0.25, 0.3) is 0 Å². The Labute approximate surface area is 173 Å². The maximum atomic E-state index is 10.2. The fourth-order valence-electron chi connectivity index (χ4n) is 8.26. The van der Waals surface area contributed by atoms with Crippen LogP contribution in [-0.2, 0) is 0 Å². The van der Waals surface area contributed by atoms with Crippen LogP contribution >= 0.6 is 0 Å². The van der Waals surface area contributed by atoms with Crippen LogP contribution in [0.3, 0.4) is 0 Å². The molecule has 2 N–H and O–H groups in total. The van der Waals surface area contributed by atoms with Crippen molar-refractivity contribution in [3.63, 3.8) is 0 Å². The van der Waals surface area contributed by atoms with Crippen LogP contribution in [0.1, 0.15) is 98.3 Å². The first-order valence-corrected chi connectivity index (χ1v) is 12.3. The summed E-state index contributed by atoms with van der Waals surface area (Å²) in [7, 11) is 0. The van der Waals surface area contributed by atoms with Crippen molar-refractivity contribution in [1.82, 2.24) is 0 Å². The van der Waals surface area contributed by atoms with Gasteiger partial charge in [0.05, 0.1) is 11.7 Å². The summed E-state index contributed by atoms with van der Waals surface area (Å²) in [6, 6.07) is 0. The van der Waals surface area contributed by atoms with Crippen LogP contribution in [0.5, 0.6) is 0 Å². The first-order valence-electron chi connectivity index (χ1n) is 12.3. The van der Waals surface area contributed by atoms with Gasteiger partial charge in [-0.3, -0.25) is 0 Å². The summed E-state index contributed by atoms with van der Waals surface area (Å²) in [6.45, 7) is 9.02. The van der Waals surface area contributed by atoms with Gasteiger partial charge < -0.3 is 10.2 Å². The van der Waals surface area contributed by atoms with Crippen molar-refractivity contribution in [2.75, 3.05) is 0 Å². The predicted molar refractivity (Wildman–Crippen MR) is 116 cm³/mol. The van der Waals surface area contributed by atoms with Crippen molar-refractivity contribution in [1.29, 1.82) is 0 Å². The number of rotatable bonds is 4. The molecular weight excluding hydrogens is 344 g/mol. The van der Waals surface area contributed by atoms with Crippen molar-refractivity contribution in [3.8, 4) is 0 Å². The van der Waals surface area contributed by atoms with Gasteiger partial charge in [-0.2, -0.15) is 0 Å². The average Bonchev–Trinajstić information content (AvgIpc) is 2.86. The molecule has 3 fully saturated rings. The third-order valence-corrected chi connectivity index (χ3v) is 9.65. The summed E-state index contributed by atoms with van der Waals surface area (Å²) >= 11 is 0. The molecule has 160 valence electrons. The van der Waals surface area contributed by atoms with E-state index in [1.807, 2.05) is 13.8 Å². The molecule has 0 unspecified atom stereocenters. The van der Waals surface area contributed by atoms with E-state index in [0.29, 0.717) is 5.41 Å². The lowest BCUT2D eigenvalue weighted by atomic mass is 9.53. The van der Waals surface area contributed by atoms with Gasteiger partial charge in [-0.15, -0.1) is 0 Å². The Bertz CT molecular complexity index is 588. The maximum absolute atomic E-state index is 10.2. The summed E-state index contributed by atoms with van der Waals surface area (Å²) in [5.74, 6) is 5.02. The molecule has 0 aromatic carbocycles. The van der Waals surface area contributed by atoms with Gasteiger partial charge in [-0.1, -0.05) is 25.5 Å². The van der Waals surface area contributed by atoms with E-state index in [-0.39, 0.29) is 6.10 Å². The first kappa shape index (κ1) is 20.9. The Morgan fingerprint density at radius 3 is 2.64 bits per heavy atom. The van der Waals surface area contributed by atoms with Gasteiger partial charge in [0.1, 0.15) is 0 Å². The number of hydrogen-bond donors (Lipinski definition) is 2. The molecule has 4 aliphatic carbocycles. The van der Waals surface area contributed by atoms with Crippen molar-refractivity contribution in [2.24, 2.45) is 40.9 Å². The molecule has 0 bridgehead atoms. The van der Waals surface area contributed by atoms with Gasteiger partial charge in [0.2, 0.25) is 0 Å². The van der Waals surface area contributed by atoms with Crippen molar-refractivity contribution in [2.45, 2.75) is 110 Å². The number of fused-ring (bicyclic) bond motifs is 5. The Hall–Kier alpha value is -0.340. The summed E-state index contributed by atoms with van der Waals surface area (Å²) in [5, 5.41) is 20.4. The van der Waals surface area contributed by atoms with E-state index < -0.39 is 5.60 Å². The molecular formula is C26H44O2. The molecule has 4 rings (SSSR count). The molecule has 0 aromatic rings. The van der Waals surface area contributed by atoms with E-state index in [0.717, 1.165) is 61.2 Å². The van der Waals surface area contributed by atoms with Crippen LogP contribution in [-0.4, -0.2) is 21.9 Å². The fourth-order valence-corrected chi connectivity index (χ4v) is 8.26. The predicted octanol–water partition coefficient (Wildman–Crippen LogP) is 6.11. The molecule has 0 radical (unpaired) electrons. The van der Waals surface area contributed by atoms with E-state index in [9.17, 15) is 10.2 Å². The lowest BCUT2D eigenvalue weighted by Gasteiger charge is -2.52. The summed E-state index contributed by atoms with van der Waals surface area (Å²) in [4.78, 5) is 0. The Kier molecular flexibility index (Phi) is 5.77. The van der Waals surface area contributed by atoms with Crippen LogP contribution < -0.4 is 0 Å².